The molecule has 118 valence electrons. The fraction of sp³-hybridized carbons (Fsp3) is 0.500. The molecule has 21 heavy (non-hydrogen) atoms. The highest BCUT2D eigenvalue weighted by Crippen LogP contribution is 2.37. The number of carbonyl (C=O) groups is 1. The monoisotopic (exact) mass is 356 g/mol. The van der Waals surface area contributed by atoms with E-state index < -0.39 is 33.1 Å². The van der Waals surface area contributed by atoms with Crippen molar-refractivity contribution in [1.82, 2.24) is 4.31 Å². The Balaban J connectivity index is 3.19. The van der Waals surface area contributed by atoms with Crippen molar-refractivity contribution in [3.05, 3.63) is 20.5 Å². The van der Waals surface area contributed by atoms with Gasteiger partial charge in [0.1, 0.15) is 10.8 Å². The summed E-state index contributed by atoms with van der Waals surface area (Å²) in [7, 11) is -2.90. The Bertz CT molecular complexity index is 642. The van der Waals surface area contributed by atoms with Crippen molar-refractivity contribution in [2.45, 2.75) is 17.6 Å². The topological polar surface area (TPSA) is 107 Å². The van der Waals surface area contributed by atoms with E-state index in [4.69, 9.17) is 11.6 Å². The quantitative estimate of drug-likeness (QED) is 0.419. The second-order valence-corrected chi connectivity index (χ2v) is 7.72. The first-order valence-electron chi connectivity index (χ1n) is 5.74. The Morgan fingerprint density at radius 1 is 1.57 bits per heavy atom. The van der Waals surface area contributed by atoms with Crippen LogP contribution in [0, 0.1) is 10.1 Å². The molecule has 8 nitrogen and oxygen atoms in total. The number of rotatable bonds is 7. The molecule has 1 aromatic heterocycles. The molecule has 0 amide bonds. The summed E-state index contributed by atoms with van der Waals surface area (Å²) in [5, 5.41) is 10.7. The molecule has 11 heteroatoms. The molecule has 1 rings (SSSR count). The summed E-state index contributed by atoms with van der Waals surface area (Å²) in [6.07, 6.45) is 0.470. The fourth-order valence-corrected chi connectivity index (χ4v) is 4.76. The number of esters is 1. The van der Waals surface area contributed by atoms with Crippen LogP contribution in [0.2, 0.25) is 4.34 Å². The average Bonchev–Trinajstić information content (AvgIpc) is 2.81. The molecule has 0 unspecified atom stereocenters. The predicted octanol–water partition coefficient (Wildman–Crippen LogP) is 1.88. The highest BCUT2D eigenvalue weighted by atomic mass is 35.5. The molecule has 0 bridgehead atoms. The molecule has 0 saturated heterocycles. The van der Waals surface area contributed by atoms with Gasteiger partial charge in [-0.1, -0.05) is 18.5 Å². The number of carbonyl (C=O) groups excluding carboxylic acids is 1. The first-order valence-corrected chi connectivity index (χ1v) is 8.38. The van der Waals surface area contributed by atoms with Crippen LogP contribution in [-0.2, 0) is 19.6 Å². The minimum absolute atomic E-state index is 0.0841. The molecule has 0 spiro atoms. The van der Waals surface area contributed by atoms with Crippen molar-refractivity contribution in [1.29, 1.82) is 0 Å². The van der Waals surface area contributed by atoms with Gasteiger partial charge in [0, 0.05) is 12.6 Å². The molecular weight excluding hydrogens is 344 g/mol. The van der Waals surface area contributed by atoms with E-state index in [1.54, 1.807) is 6.92 Å². The number of hydrogen-bond acceptors (Lipinski definition) is 7. The molecule has 0 aliphatic carbocycles. The van der Waals surface area contributed by atoms with Gasteiger partial charge < -0.3 is 4.74 Å². The molecule has 0 radical (unpaired) electrons. The number of hydrogen-bond donors (Lipinski definition) is 0. The summed E-state index contributed by atoms with van der Waals surface area (Å²) >= 11 is 6.24. The highest BCUT2D eigenvalue weighted by Gasteiger charge is 2.31. The largest absolute Gasteiger partial charge is 0.468 e. The van der Waals surface area contributed by atoms with Crippen LogP contribution in [0.25, 0.3) is 0 Å². The van der Waals surface area contributed by atoms with Crippen molar-refractivity contribution in [2.75, 3.05) is 20.2 Å². The first-order chi connectivity index (χ1) is 9.73. The summed E-state index contributed by atoms with van der Waals surface area (Å²) in [5.41, 5.74) is -0.477. The molecule has 0 atom stereocenters. The van der Waals surface area contributed by atoms with Gasteiger partial charge >= 0.3 is 5.97 Å². The van der Waals surface area contributed by atoms with E-state index in [0.717, 1.165) is 17.5 Å². The predicted molar refractivity (Wildman–Crippen MR) is 77.0 cm³/mol. The Hall–Kier alpha value is -1.23. The van der Waals surface area contributed by atoms with Crippen molar-refractivity contribution in [3.63, 3.8) is 0 Å². The Kier molecular flexibility index (Phi) is 6.08. The zero-order valence-electron chi connectivity index (χ0n) is 11.2. The lowest BCUT2D eigenvalue weighted by atomic mass is 10.5. The number of thiophene rings is 1. The first kappa shape index (κ1) is 17.8. The summed E-state index contributed by atoms with van der Waals surface area (Å²) in [5.74, 6) is -0.718. The number of methoxy groups -OCH3 is 1. The van der Waals surface area contributed by atoms with Gasteiger partial charge in [-0.25, -0.2) is 8.42 Å². The SMILES string of the molecule is CCCN(CC(=O)OC)S(=O)(=O)c1cc([N+](=O)[O-])c(Cl)s1. The zero-order chi connectivity index (χ0) is 16.2. The third-order valence-electron chi connectivity index (χ3n) is 2.44. The van der Waals surface area contributed by atoms with Gasteiger partial charge in [-0.2, -0.15) is 4.31 Å². The summed E-state index contributed by atoms with van der Waals surface area (Å²) < 4.78 is 29.7. The van der Waals surface area contributed by atoms with Gasteiger partial charge in [-0.05, 0) is 6.42 Å². The zero-order valence-corrected chi connectivity index (χ0v) is 13.6. The minimum atomic E-state index is -4.04. The lowest BCUT2D eigenvalue weighted by molar-refractivity contribution is -0.384. The van der Waals surface area contributed by atoms with Crippen molar-refractivity contribution in [3.8, 4) is 0 Å². The van der Waals surface area contributed by atoms with Crippen LogP contribution in [0.5, 0.6) is 0 Å². The van der Waals surface area contributed by atoms with Gasteiger partial charge in [0.15, 0.2) is 4.34 Å². The number of halogens is 1. The third-order valence-corrected chi connectivity index (χ3v) is 6.08. The number of ether oxygens (including phenoxy) is 1. The molecule has 0 saturated carbocycles. The van der Waals surface area contributed by atoms with Gasteiger partial charge in [0.25, 0.3) is 15.7 Å². The Morgan fingerprint density at radius 3 is 2.62 bits per heavy atom. The Labute approximate surface area is 130 Å². The molecule has 1 heterocycles. The van der Waals surface area contributed by atoms with Crippen LogP contribution in [0.15, 0.2) is 10.3 Å². The molecule has 0 aliphatic rings. The van der Waals surface area contributed by atoms with E-state index in [0.29, 0.717) is 17.8 Å². The molecule has 0 N–H and O–H groups in total. The van der Waals surface area contributed by atoms with Crippen LogP contribution in [-0.4, -0.2) is 43.8 Å². The van der Waals surface area contributed by atoms with Crippen LogP contribution in [0.1, 0.15) is 13.3 Å². The second-order valence-electron chi connectivity index (χ2n) is 3.90. The number of sulfonamides is 1. The van der Waals surface area contributed by atoms with Crippen LogP contribution in [0.3, 0.4) is 0 Å². The van der Waals surface area contributed by atoms with E-state index in [1.165, 1.54) is 0 Å². The van der Waals surface area contributed by atoms with E-state index in [1.807, 2.05) is 0 Å². The Morgan fingerprint density at radius 2 is 2.19 bits per heavy atom. The smallest absolute Gasteiger partial charge is 0.321 e. The highest BCUT2D eigenvalue weighted by molar-refractivity contribution is 7.91. The summed E-state index contributed by atoms with van der Waals surface area (Å²) in [6.45, 7) is 1.36. The normalized spacial score (nSPS) is 11.6. The molecule has 0 aromatic carbocycles. The van der Waals surface area contributed by atoms with E-state index >= 15 is 0 Å². The molecule has 1 aromatic rings. The maximum Gasteiger partial charge on any atom is 0.321 e. The van der Waals surface area contributed by atoms with Crippen LogP contribution in [0.4, 0.5) is 5.69 Å². The maximum atomic E-state index is 12.4. The van der Waals surface area contributed by atoms with Gasteiger partial charge in [-0.3, -0.25) is 14.9 Å². The number of nitro groups is 1. The molecule has 0 aliphatic heterocycles. The third kappa shape index (κ3) is 4.13. The average molecular weight is 357 g/mol. The molecular formula is C10H13ClN2O6S2. The van der Waals surface area contributed by atoms with E-state index in [9.17, 15) is 23.3 Å². The van der Waals surface area contributed by atoms with Crippen molar-refractivity contribution >= 4 is 44.6 Å². The molecule has 0 fully saturated rings. The van der Waals surface area contributed by atoms with E-state index in [-0.39, 0.29) is 15.1 Å². The second kappa shape index (κ2) is 7.16. The van der Waals surface area contributed by atoms with Crippen molar-refractivity contribution < 1.29 is 22.9 Å². The summed E-state index contributed by atoms with van der Waals surface area (Å²) in [4.78, 5) is 21.3. The van der Waals surface area contributed by atoms with Crippen molar-refractivity contribution in [2.24, 2.45) is 0 Å². The van der Waals surface area contributed by atoms with Crippen LogP contribution < -0.4 is 0 Å². The lowest BCUT2D eigenvalue weighted by Crippen LogP contribution is -2.36. The van der Waals surface area contributed by atoms with Gasteiger partial charge in [0.2, 0.25) is 0 Å². The van der Waals surface area contributed by atoms with E-state index in [2.05, 4.69) is 4.74 Å². The lowest BCUT2D eigenvalue weighted by Gasteiger charge is -2.18. The van der Waals surface area contributed by atoms with Gasteiger partial charge in [0.05, 0.1) is 12.0 Å². The standard InChI is InChI=1S/C10H13ClN2O6S2/c1-3-4-12(6-8(14)19-2)21(17,18)9-5-7(13(15)16)10(11)20-9/h5H,3-4,6H2,1-2H3. The minimum Gasteiger partial charge on any atom is -0.468 e. The number of nitrogens with zero attached hydrogens (tertiary/aromatic N) is 2. The van der Waals surface area contributed by atoms with Crippen LogP contribution >= 0.6 is 22.9 Å². The van der Waals surface area contributed by atoms with Gasteiger partial charge in [-0.15, -0.1) is 11.3 Å². The summed E-state index contributed by atoms with van der Waals surface area (Å²) in [6, 6.07) is 0.891. The fourth-order valence-electron chi connectivity index (χ4n) is 1.46. The maximum absolute atomic E-state index is 12.4.